The molecule has 0 aromatic heterocycles. The fourth-order valence-corrected chi connectivity index (χ4v) is 5.72. The van der Waals surface area contributed by atoms with Crippen molar-refractivity contribution in [2.45, 2.75) is 152 Å². The third-order valence-electron chi connectivity index (χ3n) is 7.25. The van der Waals surface area contributed by atoms with Crippen molar-refractivity contribution in [1.29, 1.82) is 0 Å². The van der Waals surface area contributed by atoms with Crippen LogP contribution in [0, 0.1) is 0 Å². The van der Waals surface area contributed by atoms with Crippen molar-refractivity contribution in [2.24, 2.45) is 0 Å². The molecule has 0 fully saturated rings. The Morgan fingerprint density at radius 2 is 0.811 bits per heavy atom. The van der Waals surface area contributed by atoms with E-state index in [1.54, 1.807) is 0 Å². The van der Waals surface area contributed by atoms with Crippen LogP contribution in [0.4, 0.5) is 11.4 Å². The van der Waals surface area contributed by atoms with Crippen LogP contribution in [0.3, 0.4) is 0 Å². The summed E-state index contributed by atoms with van der Waals surface area (Å²) in [7, 11) is 0. The van der Waals surface area contributed by atoms with Gasteiger partial charge in [-0.3, -0.25) is 0 Å². The molecule has 0 bridgehead atoms. The molecule has 0 saturated carbocycles. The lowest BCUT2D eigenvalue weighted by molar-refractivity contribution is 0.557. The van der Waals surface area contributed by atoms with Gasteiger partial charge in [0.2, 0.25) is 0 Å². The molecule has 2 N–H and O–H groups in total. The molecule has 0 aliphatic carbocycles. The normalized spacial score (nSPS) is 12.9. The quantitative estimate of drug-likeness (QED) is 0.150. The number of unbranched alkanes of at least 4 members (excludes halogenated alkanes) is 12. The Hall–Kier alpha value is -1.61. The van der Waals surface area contributed by atoms with E-state index in [9.17, 15) is 0 Å². The summed E-state index contributed by atoms with van der Waals surface area (Å²) in [5.74, 6) is 0. The van der Waals surface area contributed by atoms with E-state index in [0.717, 1.165) is 0 Å². The van der Waals surface area contributed by atoms with E-state index in [4.69, 9.17) is 0 Å². The average molecular weight is 525 g/mol. The third-order valence-corrected chi connectivity index (χ3v) is 8.27. The Labute approximate surface area is 234 Å². The van der Waals surface area contributed by atoms with Crippen molar-refractivity contribution >= 4 is 23.1 Å². The molecule has 0 spiro atoms. The minimum absolute atomic E-state index is 0.530. The molecular weight excluding hydrogens is 468 g/mol. The van der Waals surface area contributed by atoms with Crippen molar-refractivity contribution in [3.05, 3.63) is 48.5 Å². The maximum atomic E-state index is 3.68. The van der Waals surface area contributed by atoms with Gasteiger partial charge in [0, 0.05) is 33.2 Å². The largest absolute Gasteiger partial charge is 0.383 e. The van der Waals surface area contributed by atoms with Gasteiger partial charge in [-0.1, -0.05) is 116 Å². The molecule has 208 valence electrons. The molecule has 0 aliphatic rings. The highest BCUT2D eigenvalue weighted by Crippen LogP contribution is 2.30. The molecule has 0 radical (unpaired) electrons. The van der Waals surface area contributed by atoms with Crippen molar-refractivity contribution < 1.29 is 0 Å². The summed E-state index contributed by atoms with van der Waals surface area (Å²) in [6.45, 7) is 9.19. The lowest BCUT2D eigenvalue weighted by atomic mass is 10.1. The lowest BCUT2D eigenvalue weighted by Gasteiger charge is -2.16. The first-order valence-corrected chi connectivity index (χ1v) is 16.3. The van der Waals surface area contributed by atoms with E-state index in [-0.39, 0.29) is 0 Å². The van der Waals surface area contributed by atoms with E-state index >= 15 is 0 Å². The van der Waals surface area contributed by atoms with E-state index in [1.807, 2.05) is 11.8 Å². The Bertz CT molecular complexity index is 719. The fourth-order valence-electron chi connectivity index (χ4n) is 4.90. The Balaban J connectivity index is 1.63. The van der Waals surface area contributed by atoms with Gasteiger partial charge in [-0.15, -0.1) is 0 Å². The topological polar surface area (TPSA) is 24.1 Å². The van der Waals surface area contributed by atoms with Crippen LogP contribution in [-0.2, 0) is 0 Å². The van der Waals surface area contributed by atoms with E-state index in [1.165, 1.54) is 124 Å². The Morgan fingerprint density at radius 3 is 1.16 bits per heavy atom. The highest BCUT2D eigenvalue weighted by atomic mass is 32.2. The van der Waals surface area contributed by atoms with Gasteiger partial charge < -0.3 is 10.6 Å². The smallest absolute Gasteiger partial charge is 0.0342 e. The second-order valence-corrected chi connectivity index (χ2v) is 12.2. The number of hydrogen-bond donors (Lipinski definition) is 2. The van der Waals surface area contributed by atoms with Gasteiger partial charge in [-0.05, 0) is 75.2 Å². The first kappa shape index (κ1) is 31.6. The molecule has 0 amide bonds. The molecule has 2 atom stereocenters. The number of nitrogens with one attached hydrogen (secondary N) is 2. The fraction of sp³-hybridized carbons (Fsp3) is 0.647. The minimum atomic E-state index is 0.530. The number of rotatable bonds is 22. The van der Waals surface area contributed by atoms with Gasteiger partial charge in [0.15, 0.2) is 0 Å². The predicted octanol–water partition coefficient (Wildman–Crippen LogP) is 11.7. The third kappa shape index (κ3) is 15.4. The highest BCUT2D eigenvalue weighted by molar-refractivity contribution is 7.99. The second-order valence-electron chi connectivity index (χ2n) is 11.1. The maximum Gasteiger partial charge on any atom is 0.0342 e. The van der Waals surface area contributed by atoms with Crippen molar-refractivity contribution in [2.75, 3.05) is 10.6 Å². The van der Waals surface area contributed by atoms with Gasteiger partial charge in [0.1, 0.15) is 0 Å². The van der Waals surface area contributed by atoms with Gasteiger partial charge in [0.25, 0.3) is 0 Å². The Kier molecular flexibility index (Phi) is 17.4. The van der Waals surface area contributed by atoms with Crippen LogP contribution in [0.1, 0.15) is 130 Å². The molecule has 2 nitrogen and oxygen atoms in total. The van der Waals surface area contributed by atoms with E-state index < -0.39 is 0 Å². The Morgan fingerprint density at radius 1 is 0.486 bits per heavy atom. The predicted molar refractivity (Wildman–Crippen MR) is 168 cm³/mol. The van der Waals surface area contributed by atoms with E-state index in [2.05, 4.69) is 86.9 Å². The number of anilines is 2. The van der Waals surface area contributed by atoms with Crippen LogP contribution in [0.2, 0.25) is 0 Å². The van der Waals surface area contributed by atoms with Gasteiger partial charge in [-0.25, -0.2) is 0 Å². The van der Waals surface area contributed by atoms with Crippen molar-refractivity contribution in [1.82, 2.24) is 0 Å². The summed E-state index contributed by atoms with van der Waals surface area (Å²) in [5.41, 5.74) is 2.46. The average Bonchev–Trinajstić information content (AvgIpc) is 2.90. The molecule has 2 aromatic carbocycles. The zero-order valence-corrected chi connectivity index (χ0v) is 25.3. The number of benzene rings is 2. The molecule has 0 aliphatic heterocycles. The van der Waals surface area contributed by atoms with Crippen molar-refractivity contribution in [3.8, 4) is 0 Å². The summed E-state index contributed by atoms with van der Waals surface area (Å²) in [6.07, 6.45) is 21.8. The molecule has 3 heteroatoms. The summed E-state index contributed by atoms with van der Waals surface area (Å²) in [4.78, 5) is 2.58. The molecule has 2 aromatic rings. The van der Waals surface area contributed by atoms with Crippen LogP contribution < -0.4 is 10.6 Å². The van der Waals surface area contributed by atoms with Crippen LogP contribution in [-0.4, -0.2) is 12.1 Å². The standard InChI is InChI=1S/C34H56N2S/c1-5-7-9-11-13-15-17-19-29(3)35-31-21-25-33(26-22-31)37-34-27-23-32(24-28-34)36-30(4)20-18-16-14-12-10-8-6-2/h21-30,35-36H,5-20H2,1-4H3. The zero-order valence-electron chi connectivity index (χ0n) is 24.5. The van der Waals surface area contributed by atoms with E-state index in [0.29, 0.717) is 12.1 Å². The summed E-state index contributed by atoms with van der Waals surface area (Å²) in [5, 5.41) is 7.36. The SMILES string of the molecule is CCCCCCCCCC(C)Nc1ccc(Sc2ccc(NC(C)CCCCCCCCC)cc2)cc1. The summed E-state index contributed by atoms with van der Waals surface area (Å²) >= 11 is 1.84. The monoisotopic (exact) mass is 524 g/mol. The highest BCUT2D eigenvalue weighted by Gasteiger charge is 2.05. The van der Waals surface area contributed by atoms with Crippen LogP contribution in [0.15, 0.2) is 58.3 Å². The van der Waals surface area contributed by atoms with Crippen molar-refractivity contribution in [3.63, 3.8) is 0 Å². The van der Waals surface area contributed by atoms with Crippen LogP contribution >= 0.6 is 11.8 Å². The lowest BCUT2D eigenvalue weighted by Crippen LogP contribution is -2.14. The summed E-state index contributed by atoms with van der Waals surface area (Å²) in [6, 6.07) is 18.9. The van der Waals surface area contributed by atoms with Crippen LogP contribution in [0.5, 0.6) is 0 Å². The maximum absolute atomic E-state index is 3.68. The molecule has 37 heavy (non-hydrogen) atoms. The molecule has 2 unspecified atom stereocenters. The van der Waals surface area contributed by atoms with Gasteiger partial charge in [0.05, 0.1) is 0 Å². The van der Waals surface area contributed by atoms with Gasteiger partial charge in [-0.2, -0.15) is 0 Å². The molecule has 2 rings (SSSR count). The molecular formula is C34H56N2S. The second kappa shape index (κ2) is 20.4. The first-order chi connectivity index (χ1) is 18.1. The summed E-state index contributed by atoms with van der Waals surface area (Å²) < 4.78 is 0. The minimum Gasteiger partial charge on any atom is -0.383 e. The zero-order chi connectivity index (χ0) is 26.6. The van der Waals surface area contributed by atoms with Gasteiger partial charge >= 0.3 is 0 Å². The first-order valence-electron chi connectivity index (χ1n) is 15.5. The molecule has 0 heterocycles. The van der Waals surface area contributed by atoms with Crippen LogP contribution in [0.25, 0.3) is 0 Å². The molecule has 0 saturated heterocycles. The number of hydrogen-bond acceptors (Lipinski definition) is 3.